The monoisotopic (exact) mass is 301 g/mol. The van der Waals surface area contributed by atoms with Crippen LogP contribution >= 0.6 is 11.3 Å². The average Bonchev–Trinajstić information content (AvgIpc) is 3.05. The summed E-state index contributed by atoms with van der Waals surface area (Å²) in [7, 11) is 0. The summed E-state index contributed by atoms with van der Waals surface area (Å²) >= 11 is 1.57. The third-order valence-corrected chi connectivity index (χ3v) is 3.76. The SMILES string of the molecule is CC(CNC(=O)c1cncc(C#CCO)c1)c1nccs1. The molecule has 0 spiro atoms. The Bertz CT molecular complexity index is 659. The van der Waals surface area contributed by atoms with E-state index < -0.39 is 0 Å². The third kappa shape index (κ3) is 4.38. The molecule has 21 heavy (non-hydrogen) atoms. The van der Waals surface area contributed by atoms with Gasteiger partial charge in [-0.3, -0.25) is 9.78 Å². The molecular formula is C15H15N3O2S. The molecule has 2 N–H and O–H groups in total. The van der Waals surface area contributed by atoms with E-state index in [1.807, 2.05) is 12.3 Å². The van der Waals surface area contributed by atoms with Crippen molar-refractivity contribution in [1.82, 2.24) is 15.3 Å². The second-order valence-corrected chi connectivity index (χ2v) is 5.33. The Morgan fingerprint density at radius 2 is 2.38 bits per heavy atom. The Morgan fingerprint density at radius 1 is 1.52 bits per heavy atom. The van der Waals surface area contributed by atoms with Crippen LogP contribution in [0.5, 0.6) is 0 Å². The predicted octanol–water partition coefficient (Wildman–Crippen LogP) is 1.42. The van der Waals surface area contributed by atoms with Crippen LogP contribution in [0.2, 0.25) is 0 Å². The highest BCUT2D eigenvalue weighted by Crippen LogP contribution is 2.16. The lowest BCUT2D eigenvalue weighted by Gasteiger charge is -2.10. The number of aliphatic hydroxyl groups excluding tert-OH is 1. The van der Waals surface area contributed by atoms with Gasteiger partial charge in [-0.25, -0.2) is 4.98 Å². The van der Waals surface area contributed by atoms with E-state index in [1.165, 1.54) is 6.20 Å². The largest absolute Gasteiger partial charge is 0.384 e. The van der Waals surface area contributed by atoms with Gasteiger partial charge in [-0.1, -0.05) is 18.8 Å². The molecular weight excluding hydrogens is 286 g/mol. The fraction of sp³-hybridized carbons (Fsp3) is 0.267. The van der Waals surface area contributed by atoms with Gasteiger partial charge in [0, 0.05) is 42.0 Å². The van der Waals surface area contributed by atoms with Crippen LogP contribution in [0.3, 0.4) is 0 Å². The van der Waals surface area contributed by atoms with Crippen molar-refractivity contribution in [2.24, 2.45) is 0 Å². The molecule has 1 atom stereocenters. The molecule has 2 aromatic heterocycles. The fourth-order valence-electron chi connectivity index (χ4n) is 1.69. The average molecular weight is 301 g/mol. The number of aliphatic hydroxyl groups is 1. The summed E-state index contributed by atoms with van der Waals surface area (Å²) < 4.78 is 0. The van der Waals surface area contributed by atoms with Crippen LogP contribution in [-0.4, -0.2) is 34.1 Å². The van der Waals surface area contributed by atoms with Crippen molar-refractivity contribution in [3.05, 3.63) is 46.2 Å². The van der Waals surface area contributed by atoms with Crippen LogP contribution in [0.4, 0.5) is 0 Å². The molecule has 0 aliphatic rings. The van der Waals surface area contributed by atoms with E-state index in [-0.39, 0.29) is 18.4 Å². The Kier molecular flexibility index (Phi) is 5.43. The van der Waals surface area contributed by atoms with Crippen molar-refractivity contribution in [3.8, 4) is 11.8 Å². The van der Waals surface area contributed by atoms with Gasteiger partial charge >= 0.3 is 0 Å². The van der Waals surface area contributed by atoms with Gasteiger partial charge < -0.3 is 10.4 Å². The fourth-order valence-corrected chi connectivity index (χ4v) is 2.39. The van der Waals surface area contributed by atoms with Crippen molar-refractivity contribution in [3.63, 3.8) is 0 Å². The Hall–Kier alpha value is -2.23. The number of hydrogen-bond donors (Lipinski definition) is 2. The number of carbonyl (C=O) groups is 1. The van der Waals surface area contributed by atoms with Gasteiger partial charge in [-0.05, 0) is 6.07 Å². The number of pyridine rings is 1. The summed E-state index contributed by atoms with van der Waals surface area (Å²) in [6.07, 6.45) is 4.80. The standard InChI is InChI=1S/C15H15N3O2S/c1-11(15-17-4-6-21-15)8-18-14(20)13-7-12(3-2-5-19)9-16-10-13/h4,6-7,9-11,19H,5,8H2,1H3,(H,18,20). The van der Waals surface area contributed by atoms with Crippen LogP contribution in [0, 0.1) is 11.8 Å². The van der Waals surface area contributed by atoms with E-state index in [2.05, 4.69) is 27.1 Å². The lowest BCUT2D eigenvalue weighted by molar-refractivity contribution is 0.0951. The lowest BCUT2D eigenvalue weighted by Crippen LogP contribution is -2.27. The summed E-state index contributed by atoms with van der Waals surface area (Å²) in [5.74, 6) is 5.22. The molecule has 0 fully saturated rings. The first-order chi connectivity index (χ1) is 10.2. The molecule has 0 radical (unpaired) electrons. The molecule has 6 heteroatoms. The van der Waals surface area contributed by atoms with Gasteiger partial charge in [-0.2, -0.15) is 0 Å². The summed E-state index contributed by atoms with van der Waals surface area (Å²) in [4.78, 5) is 20.3. The summed E-state index contributed by atoms with van der Waals surface area (Å²) in [6, 6.07) is 1.65. The number of nitrogens with one attached hydrogen (secondary N) is 1. The third-order valence-electron chi connectivity index (χ3n) is 2.75. The van der Waals surface area contributed by atoms with Crippen LogP contribution in [-0.2, 0) is 0 Å². The quantitative estimate of drug-likeness (QED) is 0.837. The molecule has 0 bridgehead atoms. The second kappa shape index (κ2) is 7.53. The van der Waals surface area contributed by atoms with Gasteiger partial charge in [0.25, 0.3) is 5.91 Å². The molecule has 0 aliphatic heterocycles. The minimum atomic E-state index is -0.220. The molecule has 0 saturated heterocycles. The van der Waals surface area contributed by atoms with E-state index in [4.69, 9.17) is 5.11 Å². The molecule has 1 amide bonds. The number of hydrogen-bond acceptors (Lipinski definition) is 5. The van der Waals surface area contributed by atoms with Crippen molar-refractivity contribution in [2.75, 3.05) is 13.2 Å². The topological polar surface area (TPSA) is 75.1 Å². The zero-order valence-electron chi connectivity index (χ0n) is 11.5. The molecule has 2 aromatic rings. The zero-order valence-corrected chi connectivity index (χ0v) is 12.4. The van der Waals surface area contributed by atoms with Gasteiger partial charge in [0.1, 0.15) is 6.61 Å². The number of amides is 1. The maximum absolute atomic E-state index is 12.1. The number of aromatic nitrogens is 2. The highest BCUT2D eigenvalue weighted by atomic mass is 32.1. The van der Waals surface area contributed by atoms with Crippen LogP contribution in [0.25, 0.3) is 0 Å². The van der Waals surface area contributed by atoms with Gasteiger partial charge in [0.2, 0.25) is 0 Å². The maximum atomic E-state index is 12.1. The van der Waals surface area contributed by atoms with E-state index in [0.717, 1.165) is 5.01 Å². The van der Waals surface area contributed by atoms with E-state index >= 15 is 0 Å². The smallest absolute Gasteiger partial charge is 0.252 e. The summed E-state index contributed by atoms with van der Waals surface area (Å²) in [6.45, 7) is 2.31. The Labute approximate surface area is 127 Å². The molecule has 1 unspecified atom stereocenters. The molecule has 0 aromatic carbocycles. The molecule has 0 saturated carbocycles. The first kappa shape index (κ1) is 15.2. The van der Waals surface area contributed by atoms with Crippen molar-refractivity contribution in [2.45, 2.75) is 12.8 Å². The summed E-state index contributed by atoms with van der Waals surface area (Å²) in [5.41, 5.74) is 1.05. The van der Waals surface area contributed by atoms with Crippen molar-refractivity contribution in [1.29, 1.82) is 0 Å². The van der Waals surface area contributed by atoms with Crippen LogP contribution < -0.4 is 5.32 Å². The highest BCUT2D eigenvalue weighted by molar-refractivity contribution is 7.09. The first-order valence-corrected chi connectivity index (χ1v) is 7.31. The van der Waals surface area contributed by atoms with E-state index in [1.54, 1.807) is 29.8 Å². The lowest BCUT2D eigenvalue weighted by atomic mass is 10.1. The van der Waals surface area contributed by atoms with E-state index in [0.29, 0.717) is 17.7 Å². The second-order valence-electron chi connectivity index (χ2n) is 4.40. The van der Waals surface area contributed by atoms with Gasteiger partial charge in [-0.15, -0.1) is 11.3 Å². The van der Waals surface area contributed by atoms with Crippen LogP contribution in [0.15, 0.2) is 30.0 Å². The Morgan fingerprint density at radius 3 is 3.10 bits per heavy atom. The van der Waals surface area contributed by atoms with Crippen molar-refractivity contribution >= 4 is 17.2 Å². The van der Waals surface area contributed by atoms with Crippen molar-refractivity contribution < 1.29 is 9.90 Å². The van der Waals surface area contributed by atoms with Crippen LogP contribution in [0.1, 0.15) is 33.8 Å². The van der Waals surface area contributed by atoms with Gasteiger partial charge in [0.05, 0.1) is 10.6 Å². The zero-order chi connectivity index (χ0) is 15.1. The molecule has 2 rings (SSSR count). The molecule has 5 nitrogen and oxygen atoms in total. The number of rotatable bonds is 4. The minimum absolute atomic E-state index is 0.166. The molecule has 0 aliphatic carbocycles. The number of thiazole rings is 1. The normalized spacial score (nSPS) is 11.3. The highest BCUT2D eigenvalue weighted by Gasteiger charge is 2.11. The first-order valence-electron chi connectivity index (χ1n) is 6.43. The maximum Gasteiger partial charge on any atom is 0.252 e. The molecule has 2 heterocycles. The van der Waals surface area contributed by atoms with E-state index in [9.17, 15) is 4.79 Å². The summed E-state index contributed by atoms with van der Waals surface area (Å²) in [5, 5.41) is 14.4. The Balaban J connectivity index is 1.97. The van der Waals surface area contributed by atoms with Gasteiger partial charge in [0.15, 0.2) is 0 Å². The molecule has 108 valence electrons. The number of nitrogens with zero attached hydrogens (tertiary/aromatic N) is 2. The number of carbonyl (C=O) groups excluding carboxylic acids is 1. The minimum Gasteiger partial charge on any atom is -0.384 e. The predicted molar refractivity (Wildman–Crippen MR) is 81.1 cm³/mol.